The fourth-order valence-electron chi connectivity index (χ4n) is 1.11. The second kappa shape index (κ2) is 6.47. The minimum absolute atomic E-state index is 0.0356. The Morgan fingerprint density at radius 2 is 2.31 bits per heavy atom. The number of hydrogen-bond acceptors (Lipinski definition) is 5. The Morgan fingerprint density at radius 3 is 2.94 bits per heavy atom. The van der Waals surface area contributed by atoms with E-state index in [9.17, 15) is 4.79 Å². The number of hydrogen-bond donors (Lipinski definition) is 3. The Balaban J connectivity index is 2.56. The Labute approximate surface area is 97.1 Å². The molecule has 16 heavy (non-hydrogen) atoms. The van der Waals surface area contributed by atoms with Crippen molar-refractivity contribution in [2.75, 3.05) is 12.4 Å². The molecule has 0 fully saturated rings. The van der Waals surface area contributed by atoms with Crippen molar-refractivity contribution in [3.8, 4) is 0 Å². The maximum atomic E-state index is 10.8. The van der Waals surface area contributed by atoms with Crippen LogP contribution < -0.4 is 0 Å². The van der Waals surface area contributed by atoms with Gasteiger partial charge in [-0.25, -0.2) is 9.78 Å². The minimum atomic E-state index is -1.06. The smallest absolute Gasteiger partial charge is 0.354 e. The molecule has 0 radical (unpaired) electrons. The molecule has 0 bridgehead atoms. The van der Waals surface area contributed by atoms with Gasteiger partial charge >= 0.3 is 5.97 Å². The molecule has 3 N–H and O–H groups in total. The summed E-state index contributed by atoms with van der Waals surface area (Å²) in [5.74, 6) is -0.240. The quantitative estimate of drug-likeness (QED) is 0.668. The zero-order valence-corrected chi connectivity index (χ0v) is 9.35. The van der Waals surface area contributed by atoms with E-state index in [0.717, 1.165) is 0 Å². The maximum Gasteiger partial charge on any atom is 0.354 e. The number of aromatic carboxylic acids is 1. The van der Waals surface area contributed by atoms with E-state index in [4.69, 9.17) is 15.3 Å². The second-order valence-corrected chi connectivity index (χ2v) is 4.20. The van der Waals surface area contributed by atoms with Crippen molar-refractivity contribution in [3.63, 3.8) is 0 Å². The Bertz CT molecular complexity index is 358. The third kappa shape index (κ3) is 3.80. The predicted molar refractivity (Wildman–Crippen MR) is 60.5 cm³/mol. The summed E-state index contributed by atoms with van der Waals surface area (Å²) in [4.78, 5) is 14.6. The monoisotopic (exact) mass is 243 g/mol. The van der Waals surface area contributed by atoms with E-state index in [1.165, 1.54) is 18.0 Å². The lowest BCUT2D eigenvalue weighted by Crippen LogP contribution is -2.15. The summed E-state index contributed by atoms with van der Waals surface area (Å²) in [6, 6.07) is 3.36. The van der Waals surface area contributed by atoms with Gasteiger partial charge in [-0.1, -0.05) is 6.07 Å². The number of aliphatic hydroxyl groups excluding tert-OH is 2. The highest BCUT2D eigenvalue weighted by atomic mass is 32.2. The third-order valence-electron chi connectivity index (χ3n) is 1.87. The van der Waals surface area contributed by atoms with Gasteiger partial charge in [0, 0.05) is 17.7 Å². The summed E-state index contributed by atoms with van der Waals surface area (Å²) in [6.45, 7) is -0.286. The summed E-state index contributed by atoms with van der Waals surface area (Å²) >= 11 is 1.36. The lowest BCUT2D eigenvalue weighted by Gasteiger charge is -2.07. The number of aromatic nitrogens is 1. The van der Waals surface area contributed by atoms with Gasteiger partial charge in [-0.2, -0.15) is 11.8 Å². The van der Waals surface area contributed by atoms with E-state index in [-0.39, 0.29) is 12.3 Å². The summed E-state index contributed by atoms with van der Waals surface area (Å²) in [6.07, 6.45) is 0.662. The lowest BCUT2D eigenvalue weighted by atomic mass is 10.2. The van der Waals surface area contributed by atoms with Gasteiger partial charge in [0.05, 0.1) is 12.7 Å². The number of pyridine rings is 1. The van der Waals surface area contributed by atoms with E-state index in [0.29, 0.717) is 17.1 Å². The molecule has 1 aromatic rings. The molecule has 0 amide bonds. The first kappa shape index (κ1) is 13.0. The van der Waals surface area contributed by atoms with Crippen LogP contribution in [0.2, 0.25) is 0 Å². The molecule has 0 saturated heterocycles. The first-order valence-electron chi connectivity index (χ1n) is 4.69. The summed E-state index contributed by atoms with van der Waals surface area (Å²) in [5, 5.41) is 26.6. The molecule has 0 aliphatic heterocycles. The predicted octanol–water partition coefficient (Wildman–Crippen LogP) is 0.366. The number of nitrogens with zero attached hydrogens (tertiary/aromatic N) is 1. The van der Waals surface area contributed by atoms with E-state index in [2.05, 4.69) is 4.98 Å². The number of carboxylic acid groups (broad SMARTS) is 1. The molecular weight excluding hydrogens is 230 g/mol. The Hall–Kier alpha value is -1.11. The van der Waals surface area contributed by atoms with Crippen molar-refractivity contribution in [2.45, 2.75) is 11.9 Å². The zero-order valence-electron chi connectivity index (χ0n) is 8.54. The number of rotatable bonds is 6. The van der Waals surface area contributed by atoms with Crippen molar-refractivity contribution >= 4 is 17.7 Å². The van der Waals surface area contributed by atoms with Gasteiger partial charge in [-0.3, -0.25) is 0 Å². The van der Waals surface area contributed by atoms with Crippen LogP contribution in [0.15, 0.2) is 18.3 Å². The molecule has 6 heteroatoms. The van der Waals surface area contributed by atoms with E-state index >= 15 is 0 Å². The Kier molecular flexibility index (Phi) is 5.24. The molecule has 0 aromatic carbocycles. The first-order chi connectivity index (χ1) is 7.65. The summed E-state index contributed by atoms with van der Waals surface area (Å²) in [7, 11) is 0. The average Bonchev–Trinajstić information content (AvgIpc) is 2.29. The first-order valence-corrected chi connectivity index (χ1v) is 5.84. The number of thioether (sulfide) groups is 1. The lowest BCUT2D eigenvalue weighted by molar-refractivity contribution is 0.0689. The van der Waals surface area contributed by atoms with Crippen molar-refractivity contribution < 1.29 is 20.1 Å². The minimum Gasteiger partial charge on any atom is -0.477 e. The molecule has 1 rings (SSSR count). The van der Waals surface area contributed by atoms with Gasteiger partial charge in [-0.15, -0.1) is 0 Å². The van der Waals surface area contributed by atoms with Crippen molar-refractivity contribution in [1.29, 1.82) is 0 Å². The summed E-state index contributed by atoms with van der Waals surface area (Å²) in [5.41, 5.74) is 0.652. The van der Waals surface area contributed by atoms with Gasteiger partial charge in [0.25, 0.3) is 0 Å². The molecule has 0 saturated carbocycles. The Morgan fingerprint density at radius 1 is 1.56 bits per heavy atom. The highest BCUT2D eigenvalue weighted by Crippen LogP contribution is 2.15. The zero-order chi connectivity index (χ0) is 12.0. The van der Waals surface area contributed by atoms with E-state index in [1.54, 1.807) is 12.1 Å². The van der Waals surface area contributed by atoms with Gasteiger partial charge in [0.1, 0.15) is 0 Å². The highest BCUT2D eigenvalue weighted by molar-refractivity contribution is 7.98. The third-order valence-corrected chi connectivity index (χ3v) is 3.01. The van der Waals surface area contributed by atoms with E-state index in [1.807, 2.05) is 0 Å². The van der Waals surface area contributed by atoms with Crippen LogP contribution in [0.4, 0.5) is 0 Å². The van der Waals surface area contributed by atoms with Gasteiger partial charge in [-0.05, 0) is 11.6 Å². The number of aliphatic hydroxyl groups is 2. The molecule has 1 aromatic heterocycles. The fourth-order valence-corrected chi connectivity index (χ4v) is 2.05. The molecule has 1 unspecified atom stereocenters. The maximum absolute atomic E-state index is 10.8. The topological polar surface area (TPSA) is 90.7 Å². The molecule has 0 aliphatic rings. The highest BCUT2D eigenvalue weighted by Gasteiger charge is 2.11. The van der Waals surface area contributed by atoms with Crippen LogP contribution >= 0.6 is 11.8 Å². The number of carbonyl (C=O) groups is 1. The molecular formula is C10H13NO4S. The SMILES string of the molecule is O=C(O)c1ncccc1CSCC(O)CO. The molecule has 5 nitrogen and oxygen atoms in total. The summed E-state index contributed by atoms with van der Waals surface area (Å²) < 4.78 is 0. The van der Waals surface area contributed by atoms with Gasteiger partial charge in [0.2, 0.25) is 0 Å². The van der Waals surface area contributed by atoms with E-state index < -0.39 is 12.1 Å². The number of carboxylic acids is 1. The van der Waals surface area contributed by atoms with Crippen LogP contribution in [0.3, 0.4) is 0 Å². The van der Waals surface area contributed by atoms with Crippen LogP contribution in [-0.4, -0.2) is 44.7 Å². The molecule has 1 atom stereocenters. The normalized spacial score (nSPS) is 12.4. The molecule has 0 aliphatic carbocycles. The van der Waals surface area contributed by atoms with Crippen LogP contribution in [0.25, 0.3) is 0 Å². The average molecular weight is 243 g/mol. The van der Waals surface area contributed by atoms with Crippen molar-refractivity contribution in [1.82, 2.24) is 4.98 Å². The fraction of sp³-hybridized carbons (Fsp3) is 0.400. The van der Waals surface area contributed by atoms with Crippen LogP contribution in [0, 0.1) is 0 Å². The standard InChI is InChI=1S/C10H13NO4S/c12-4-8(13)6-16-5-7-2-1-3-11-9(7)10(14)15/h1-3,8,12-13H,4-6H2,(H,14,15). The van der Waals surface area contributed by atoms with Crippen LogP contribution in [0.1, 0.15) is 16.1 Å². The van der Waals surface area contributed by atoms with Gasteiger partial charge in [0.15, 0.2) is 5.69 Å². The van der Waals surface area contributed by atoms with Crippen LogP contribution in [0.5, 0.6) is 0 Å². The molecule has 1 heterocycles. The van der Waals surface area contributed by atoms with Crippen molar-refractivity contribution in [2.24, 2.45) is 0 Å². The molecule has 88 valence electrons. The van der Waals surface area contributed by atoms with Crippen molar-refractivity contribution in [3.05, 3.63) is 29.6 Å². The van der Waals surface area contributed by atoms with Gasteiger partial charge < -0.3 is 15.3 Å². The molecule has 0 spiro atoms. The second-order valence-electron chi connectivity index (χ2n) is 3.17. The largest absolute Gasteiger partial charge is 0.477 e. The van der Waals surface area contributed by atoms with Crippen LogP contribution in [-0.2, 0) is 5.75 Å².